The van der Waals surface area contributed by atoms with Crippen molar-refractivity contribution in [2.24, 2.45) is 4.99 Å². The van der Waals surface area contributed by atoms with Crippen molar-refractivity contribution in [1.29, 1.82) is 0 Å². The van der Waals surface area contributed by atoms with Crippen LogP contribution in [0, 0.1) is 0 Å². The average Bonchev–Trinajstić information content (AvgIpc) is 3.16. The number of nitrogens with one attached hydrogen (secondary N) is 2. The van der Waals surface area contributed by atoms with Gasteiger partial charge in [-0.2, -0.15) is 0 Å². The lowest BCUT2D eigenvalue weighted by Crippen LogP contribution is -2.39. The Balaban J connectivity index is 0.00000338. The van der Waals surface area contributed by atoms with Gasteiger partial charge in [-0.1, -0.05) is 0 Å². The molecule has 2 N–H and O–H groups in total. The topological polar surface area (TPSA) is 77.0 Å². The van der Waals surface area contributed by atoms with Crippen LogP contribution in [-0.2, 0) is 9.47 Å². The van der Waals surface area contributed by atoms with Gasteiger partial charge in [-0.3, -0.25) is 9.98 Å². The van der Waals surface area contributed by atoms with Crippen LogP contribution < -0.4 is 15.4 Å². The zero-order valence-electron chi connectivity index (χ0n) is 15.5. The number of guanidine groups is 1. The quantitative estimate of drug-likeness (QED) is 0.220. The molecule has 1 fully saturated rings. The molecular weight excluding hydrogens is 447 g/mol. The Bertz CT molecular complexity index is 485. The SMILES string of the molecule is CCNC(=NCCCOCC1CCCO1)NCCOc1cccnc1.I. The third-order valence-corrected chi connectivity index (χ3v) is 3.69. The third-order valence-electron chi connectivity index (χ3n) is 3.69. The molecule has 0 spiro atoms. The second-order valence-electron chi connectivity index (χ2n) is 5.79. The standard InChI is InChI=1S/C18H30N4O3.HI/c1-2-20-18(22-10-13-25-16-6-3-8-19-14-16)21-9-5-11-23-15-17-7-4-12-24-17;/h3,6,8,14,17H,2,4-5,7,9-13,15H2,1H3,(H2,20,21,22);1H. The lowest BCUT2D eigenvalue weighted by atomic mass is 10.2. The Hall–Kier alpha value is -1.13. The fourth-order valence-electron chi connectivity index (χ4n) is 2.46. The first-order valence-corrected chi connectivity index (χ1v) is 9.13. The zero-order chi connectivity index (χ0) is 17.6. The van der Waals surface area contributed by atoms with E-state index >= 15 is 0 Å². The Morgan fingerprint density at radius 2 is 2.31 bits per heavy atom. The van der Waals surface area contributed by atoms with Crippen molar-refractivity contribution >= 4 is 29.9 Å². The van der Waals surface area contributed by atoms with Crippen molar-refractivity contribution in [3.63, 3.8) is 0 Å². The van der Waals surface area contributed by atoms with Crippen molar-refractivity contribution < 1.29 is 14.2 Å². The predicted octanol–water partition coefficient (Wildman–Crippen LogP) is 2.22. The van der Waals surface area contributed by atoms with Crippen molar-refractivity contribution in [3.8, 4) is 5.75 Å². The molecule has 7 nitrogen and oxygen atoms in total. The predicted molar refractivity (Wildman–Crippen MR) is 114 cm³/mol. The summed E-state index contributed by atoms with van der Waals surface area (Å²) in [5, 5.41) is 6.49. The fraction of sp³-hybridized carbons (Fsp3) is 0.667. The zero-order valence-corrected chi connectivity index (χ0v) is 17.8. The minimum Gasteiger partial charge on any atom is -0.490 e. The molecule has 1 aliphatic heterocycles. The van der Waals surface area contributed by atoms with Crippen LogP contribution in [0.3, 0.4) is 0 Å². The highest BCUT2D eigenvalue weighted by atomic mass is 127. The van der Waals surface area contributed by atoms with Gasteiger partial charge in [0, 0.05) is 32.5 Å². The molecule has 0 bridgehead atoms. The number of aromatic nitrogens is 1. The van der Waals surface area contributed by atoms with Gasteiger partial charge in [0.05, 0.1) is 25.5 Å². The maximum absolute atomic E-state index is 5.65. The maximum atomic E-state index is 5.65. The summed E-state index contributed by atoms with van der Waals surface area (Å²) in [6.45, 7) is 7.13. The molecule has 1 atom stereocenters. The molecule has 1 saturated heterocycles. The number of hydrogen-bond donors (Lipinski definition) is 2. The molecule has 0 aliphatic carbocycles. The van der Waals surface area contributed by atoms with Crippen LogP contribution in [0.4, 0.5) is 0 Å². The van der Waals surface area contributed by atoms with E-state index < -0.39 is 0 Å². The summed E-state index contributed by atoms with van der Waals surface area (Å²) in [5.41, 5.74) is 0. The van der Waals surface area contributed by atoms with Crippen molar-refractivity contribution in [2.45, 2.75) is 32.3 Å². The van der Waals surface area contributed by atoms with E-state index in [1.807, 2.05) is 19.1 Å². The Morgan fingerprint density at radius 3 is 3.04 bits per heavy atom. The molecule has 1 aromatic rings. The first kappa shape index (κ1) is 22.9. The van der Waals surface area contributed by atoms with E-state index in [1.165, 1.54) is 0 Å². The minimum absolute atomic E-state index is 0. The largest absolute Gasteiger partial charge is 0.490 e. The second-order valence-corrected chi connectivity index (χ2v) is 5.79. The van der Waals surface area contributed by atoms with Crippen molar-refractivity contribution in [2.75, 3.05) is 46.1 Å². The van der Waals surface area contributed by atoms with E-state index in [2.05, 4.69) is 20.6 Å². The van der Waals surface area contributed by atoms with E-state index in [0.717, 1.165) is 50.7 Å². The summed E-state index contributed by atoms with van der Waals surface area (Å²) >= 11 is 0. The Morgan fingerprint density at radius 1 is 1.38 bits per heavy atom. The van der Waals surface area contributed by atoms with Gasteiger partial charge in [-0.05, 0) is 38.3 Å². The van der Waals surface area contributed by atoms with Crippen molar-refractivity contribution in [1.82, 2.24) is 15.6 Å². The van der Waals surface area contributed by atoms with Crippen LogP contribution >= 0.6 is 24.0 Å². The van der Waals surface area contributed by atoms with Gasteiger partial charge in [0.2, 0.25) is 0 Å². The Labute approximate surface area is 173 Å². The average molecular weight is 478 g/mol. The molecule has 0 amide bonds. The first-order chi connectivity index (χ1) is 12.4. The molecule has 1 aliphatic rings. The van der Waals surface area contributed by atoms with E-state index in [0.29, 0.717) is 32.5 Å². The lowest BCUT2D eigenvalue weighted by Gasteiger charge is -2.12. The van der Waals surface area contributed by atoms with Crippen LogP contribution in [0.25, 0.3) is 0 Å². The number of hydrogen-bond acceptors (Lipinski definition) is 5. The van der Waals surface area contributed by atoms with E-state index in [4.69, 9.17) is 14.2 Å². The van der Waals surface area contributed by atoms with Gasteiger partial charge < -0.3 is 24.8 Å². The number of aliphatic imine (C=N–C) groups is 1. The highest BCUT2D eigenvalue weighted by Gasteiger charge is 2.14. The normalized spacial score (nSPS) is 16.8. The summed E-state index contributed by atoms with van der Waals surface area (Å²) in [6, 6.07) is 3.75. The highest BCUT2D eigenvalue weighted by molar-refractivity contribution is 14.0. The number of halogens is 1. The van der Waals surface area contributed by atoms with Gasteiger partial charge in [-0.25, -0.2) is 0 Å². The molecule has 2 heterocycles. The third kappa shape index (κ3) is 10.1. The molecule has 1 unspecified atom stereocenters. The van der Waals surface area contributed by atoms with Crippen LogP contribution in [-0.4, -0.2) is 63.1 Å². The smallest absolute Gasteiger partial charge is 0.191 e. The summed E-state index contributed by atoms with van der Waals surface area (Å²) in [4.78, 5) is 8.56. The molecule has 0 radical (unpaired) electrons. The molecule has 1 aromatic heterocycles. The molecular formula is C18H31IN4O3. The minimum atomic E-state index is 0. The Kier molecular flexibility index (Phi) is 13.2. The van der Waals surface area contributed by atoms with Crippen LogP contribution in [0.1, 0.15) is 26.2 Å². The number of ether oxygens (including phenoxy) is 3. The maximum Gasteiger partial charge on any atom is 0.191 e. The van der Waals surface area contributed by atoms with Gasteiger partial charge in [-0.15, -0.1) is 24.0 Å². The molecule has 2 rings (SSSR count). The van der Waals surface area contributed by atoms with Crippen LogP contribution in [0.2, 0.25) is 0 Å². The van der Waals surface area contributed by atoms with Crippen molar-refractivity contribution in [3.05, 3.63) is 24.5 Å². The monoisotopic (exact) mass is 478 g/mol. The van der Waals surface area contributed by atoms with Crippen LogP contribution in [0.15, 0.2) is 29.5 Å². The number of nitrogens with zero attached hydrogens (tertiary/aromatic N) is 2. The first-order valence-electron chi connectivity index (χ1n) is 9.13. The van der Waals surface area contributed by atoms with E-state index in [9.17, 15) is 0 Å². The summed E-state index contributed by atoms with van der Waals surface area (Å²) in [5.74, 6) is 1.58. The molecule has 0 saturated carbocycles. The molecule has 8 heteroatoms. The molecule has 148 valence electrons. The summed E-state index contributed by atoms with van der Waals surface area (Å²) < 4.78 is 16.8. The van der Waals surface area contributed by atoms with Gasteiger partial charge in [0.1, 0.15) is 12.4 Å². The molecule has 26 heavy (non-hydrogen) atoms. The summed E-state index contributed by atoms with van der Waals surface area (Å²) in [6.07, 6.45) is 6.90. The van der Waals surface area contributed by atoms with Gasteiger partial charge in [0.15, 0.2) is 5.96 Å². The van der Waals surface area contributed by atoms with Gasteiger partial charge >= 0.3 is 0 Å². The number of pyridine rings is 1. The second kappa shape index (κ2) is 15.0. The molecule has 0 aromatic carbocycles. The van der Waals surface area contributed by atoms with Gasteiger partial charge in [0.25, 0.3) is 0 Å². The lowest BCUT2D eigenvalue weighted by molar-refractivity contribution is 0.0171. The van der Waals surface area contributed by atoms with E-state index in [1.54, 1.807) is 12.4 Å². The van der Waals surface area contributed by atoms with E-state index in [-0.39, 0.29) is 24.0 Å². The summed E-state index contributed by atoms with van der Waals surface area (Å²) in [7, 11) is 0. The number of rotatable bonds is 11. The highest BCUT2D eigenvalue weighted by Crippen LogP contribution is 2.11. The fourth-order valence-corrected chi connectivity index (χ4v) is 2.46. The van der Waals surface area contributed by atoms with Crippen LogP contribution in [0.5, 0.6) is 5.75 Å².